The Bertz CT molecular complexity index is 447. The van der Waals surface area contributed by atoms with Crippen molar-refractivity contribution in [2.24, 2.45) is 5.92 Å². The van der Waals surface area contributed by atoms with Gasteiger partial charge in [-0.2, -0.15) is 0 Å². The standard InChI is InChI=1S/C15H18O3/c1-10(15(17)18)12-7-5-11(6-8-12)9-13-3-2-4-14(13)16/h5-8,10,13H,2-4,9H2,1H3,(H,17,18)/t10-,13+/m1/s1. The van der Waals surface area contributed by atoms with Crippen molar-refractivity contribution < 1.29 is 14.7 Å². The van der Waals surface area contributed by atoms with Gasteiger partial charge in [0.1, 0.15) is 5.78 Å². The Labute approximate surface area is 107 Å². The number of carboxylic acids is 1. The minimum absolute atomic E-state index is 0.174. The Morgan fingerprint density at radius 3 is 2.56 bits per heavy atom. The first-order valence-electron chi connectivity index (χ1n) is 6.42. The Balaban J connectivity index is 2.03. The van der Waals surface area contributed by atoms with Crippen molar-refractivity contribution in [3.63, 3.8) is 0 Å². The third-order valence-electron chi connectivity index (χ3n) is 3.76. The maximum absolute atomic E-state index is 11.6. The number of aliphatic carboxylic acids is 1. The second-order valence-corrected chi connectivity index (χ2v) is 5.06. The van der Waals surface area contributed by atoms with Crippen LogP contribution in [0.3, 0.4) is 0 Å². The zero-order chi connectivity index (χ0) is 13.1. The summed E-state index contributed by atoms with van der Waals surface area (Å²) in [6.45, 7) is 1.68. The fraction of sp³-hybridized carbons (Fsp3) is 0.467. The van der Waals surface area contributed by atoms with Gasteiger partial charge in [-0.1, -0.05) is 24.3 Å². The maximum Gasteiger partial charge on any atom is 0.310 e. The van der Waals surface area contributed by atoms with Crippen molar-refractivity contribution in [2.45, 2.75) is 38.5 Å². The molecule has 0 unspecified atom stereocenters. The summed E-state index contributed by atoms with van der Waals surface area (Å²) >= 11 is 0. The van der Waals surface area contributed by atoms with Gasteiger partial charge in [0, 0.05) is 12.3 Å². The lowest BCUT2D eigenvalue weighted by Gasteiger charge is -2.10. The Hall–Kier alpha value is -1.64. The number of hydrogen-bond acceptors (Lipinski definition) is 2. The van der Waals surface area contributed by atoms with Crippen LogP contribution in [-0.4, -0.2) is 16.9 Å². The van der Waals surface area contributed by atoms with E-state index in [-0.39, 0.29) is 5.92 Å². The van der Waals surface area contributed by atoms with E-state index in [1.165, 1.54) is 0 Å². The first kappa shape index (κ1) is 12.8. The molecule has 1 aromatic carbocycles. The molecule has 3 heteroatoms. The first-order valence-corrected chi connectivity index (χ1v) is 6.42. The number of carbonyl (C=O) groups excluding carboxylic acids is 1. The lowest BCUT2D eigenvalue weighted by Crippen LogP contribution is -2.10. The second-order valence-electron chi connectivity index (χ2n) is 5.06. The van der Waals surface area contributed by atoms with Crippen molar-refractivity contribution >= 4 is 11.8 Å². The molecule has 0 radical (unpaired) electrons. The van der Waals surface area contributed by atoms with E-state index in [1.54, 1.807) is 6.92 Å². The number of Topliss-reactive ketones (excluding diaryl/α,β-unsaturated/α-hetero) is 1. The van der Waals surface area contributed by atoms with Gasteiger partial charge in [-0.05, 0) is 37.3 Å². The topological polar surface area (TPSA) is 54.4 Å². The molecule has 1 aliphatic carbocycles. The maximum atomic E-state index is 11.6. The molecule has 18 heavy (non-hydrogen) atoms. The fourth-order valence-corrected chi connectivity index (χ4v) is 2.47. The molecule has 1 saturated carbocycles. The lowest BCUT2D eigenvalue weighted by atomic mass is 9.94. The Kier molecular flexibility index (Phi) is 3.80. The van der Waals surface area contributed by atoms with Gasteiger partial charge in [-0.3, -0.25) is 9.59 Å². The number of rotatable bonds is 4. The smallest absolute Gasteiger partial charge is 0.310 e. The summed E-state index contributed by atoms with van der Waals surface area (Å²) in [5.41, 5.74) is 1.93. The summed E-state index contributed by atoms with van der Waals surface area (Å²) in [5, 5.41) is 8.92. The van der Waals surface area contributed by atoms with E-state index >= 15 is 0 Å². The highest BCUT2D eigenvalue weighted by Gasteiger charge is 2.24. The third kappa shape index (κ3) is 2.78. The molecule has 2 rings (SSSR count). The molecule has 0 aliphatic heterocycles. The molecule has 1 fully saturated rings. The number of hydrogen-bond donors (Lipinski definition) is 1. The molecule has 0 amide bonds. The predicted molar refractivity (Wildman–Crippen MR) is 68.5 cm³/mol. The van der Waals surface area contributed by atoms with Crippen molar-refractivity contribution in [1.82, 2.24) is 0 Å². The van der Waals surface area contributed by atoms with Crippen LogP contribution in [0.15, 0.2) is 24.3 Å². The average molecular weight is 246 g/mol. The molecular formula is C15H18O3. The number of benzene rings is 1. The van der Waals surface area contributed by atoms with Crippen LogP contribution in [0, 0.1) is 5.92 Å². The molecule has 2 atom stereocenters. The van der Waals surface area contributed by atoms with Gasteiger partial charge >= 0.3 is 5.97 Å². The van der Waals surface area contributed by atoms with Crippen LogP contribution in [0.5, 0.6) is 0 Å². The zero-order valence-corrected chi connectivity index (χ0v) is 10.6. The van der Waals surface area contributed by atoms with Crippen LogP contribution in [0.4, 0.5) is 0 Å². The van der Waals surface area contributed by atoms with Gasteiger partial charge in [0.05, 0.1) is 5.92 Å². The molecule has 0 bridgehead atoms. The molecule has 0 saturated heterocycles. The predicted octanol–water partition coefficient (Wildman–Crippen LogP) is 2.79. The van der Waals surface area contributed by atoms with Crippen LogP contribution in [0.1, 0.15) is 43.2 Å². The quantitative estimate of drug-likeness (QED) is 0.888. The fourth-order valence-electron chi connectivity index (χ4n) is 2.47. The van der Waals surface area contributed by atoms with E-state index in [2.05, 4.69) is 0 Å². The molecule has 96 valence electrons. The minimum Gasteiger partial charge on any atom is -0.481 e. The molecule has 1 aromatic rings. The number of carboxylic acid groups (broad SMARTS) is 1. The molecular weight excluding hydrogens is 228 g/mol. The molecule has 1 N–H and O–H groups in total. The number of ketones is 1. The highest BCUT2D eigenvalue weighted by atomic mass is 16.4. The average Bonchev–Trinajstić information content (AvgIpc) is 2.75. The van der Waals surface area contributed by atoms with Gasteiger partial charge in [-0.25, -0.2) is 0 Å². The van der Waals surface area contributed by atoms with Crippen LogP contribution in [0.25, 0.3) is 0 Å². The third-order valence-corrected chi connectivity index (χ3v) is 3.76. The Morgan fingerprint density at radius 1 is 1.39 bits per heavy atom. The van der Waals surface area contributed by atoms with Crippen molar-refractivity contribution in [3.05, 3.63) is 35.4 Å². The van der Waals surface area contributed by atoms with E-state index in [0.717, 1.165) is 36.8 Å². The second kappa shape index (κ2) is 5.34. The molecule has 1 aliphatic rings. The minimum atomic E-state index is -0.811. The van der Waals surface area contributed by atoms with E-state index in [0.29, 0.717) is 5.78 Å². The summed E-state index contributed by atoms with van der Waals surface area (Å²) in [4.78, 5) is 22.4. The van der Waals surface area contributed by atoms with Crippen LogP contribution >= 0.6 is 0 Å². The van der Waals surface area contributed by atoms with Gasteiger partial charge < -0.3 is 5.11 Å². The van der Waals surface area contributed by atoms with Gasteiger partial charge in [0.2, 0.25) is 0 Å². The summed E-state index contributed by atoms with van der Waals surface area (Å²) in [6.07, 6.45) is 3.52. The summed E-state index contributed by atoms with van der Waals surface area (Å²) in [7, 11) is 0. The van der Waals surface area contributed by atoms with Crippen LogP contribution in [-0.2, 0) is 16.0 Å². The van der Waals surface area contributed by atoms with E-state index in [4.69, 9.17) is 5.11 Å². The molecule has 0 heterocycles. The highest BCUT2D eigenvalue weighted by Crippen LogP contribution is 2.25. The van der Waals surface area contributed by atoms with Gasteiger partial charge in [0.15, 0.2) is 0 Å². The monoisotopic (exact) mass is 246 g/mol. The largest absolute Gasteiger partial charge is 0.481 e. The van der Waals surface area contributed by atoms with Crippen LogP contribution in [0.2, 0.25) is 0 Å². The van der Waals surface area contributed by atoms with E-state index in [1.807, 2.05) is 24.3 Å². The summed E-state index contributed by atoms with van der Waals surface area (Å²) < 4.78 is 0. The highest BCUT2D eigenvalue weighted by molar-refractivity contribution is 5.83. The zero-order valence-electron chi connectivity index (χ0n) is 10.6. The van der Waals surface area contributed by atoms with Crippen molar-refractivity contribution in [2.75, 3.05) is 0 Å². The van der Waals surface area contributed by atoms with Gasteiger partial charge in [-0.15, -0.1) is 0 Å². The Morgan fingerprint density at radius 2 is 2.06 bits per heavy atom. The number of carbonyl (C=O) groups is 2. The van der Waals surface area contributed by atoms with Crippen LogP contribution < -0.4 is 0 Å². The van der Waals surface area contributed by atoms with Gasteiger partial charge in [0.25, 0.3) is 0 Å². The summed E-state index contributed by atoms with van der Waals surface area (Å²) in [6, 6.07) is 7.60. The molecule has 3 nitrogen and oxygen atoms in total. The van der Waals surface area contributed by atoms with E-state index < -0.39 is 11.9 Å². The normalized spacial score (nSPS) is 20.9. The van der Waals surface area contributed by atoms with Crippen molar-refractivity contribution in [1.29, 1.82) is 0 Å². The van der Waals surface area contributed by atoms with E-state index in [9.17, 15) is 9.59 Å². The summed E-state index contributed by atoms with van der Waals surface area (Å²) in [5.74, 6) is -0.744. The lowest BCUT2D eigenvalue weighted by molar-refractivity contribution is -0.138. The SMILES string of the molecule is C[C@@H](C(=O)O)c1ccc(C[C@@H]2CCCC2=O)cc1. The van der Waals surface area contributed by atoms with Crippen molar-refractivity contribution in [3.8, 4) is 0 Å². The molecule has 0 aromatic heterocycles. The first-order chi connectivity index (χ1) is 8.58. The molecule has 0 spiro atoms.